The molecule has 28 heavy (non-hydrogen) atoms. The maximum Gasteiger partial charge on any atom is 0.190 e. The van der Waals surface area contributed by atoms with Crippen LogP contribution in [0, 0.1) is 6.92 Å². The molecule has 0 aliphatic carbocycles. The Bertz CT molecular complexity index is 1190. The van der Waals surface area contributed by atoms with E-state index in [9.17, 15) is 4.79 Å². The molecule has 0 bridgehead atoms. The van der Waals surface area contributed by atoms with Crippen LogP contribution in [0.25, 0.3) is 20.7 Å². The van der Waals surface area contributed by atoms with Crippen molar-refractivity contribution in [1.29, 1.82) is 0 Å². The van der Waals surface area contributed by atoms with Crippen LogP contribution in [0.2, 0.25) is 0 Å². The highest BCUT2D eigenvalue weighted by Gasteiger charge is 2.16. The summed E-state index contributed by atoms with van der Waals surface area (Å²) < 4.78 is 12.9. The number of methoxy groups -OCH3 is 2. The summed E-state index contributed by atoms with van der Waals surface area (Å²) in [6, 6.07) is 17.6. The zero-order chi connectivity index (χ0) is 19.7. The first-order valence-electron chi connectivity index (χ1n) is 9.01. The van der Waals surface area contributed by atoms with E-state index < -0.39 is 0 Å². The largest absolute Gasteiger partial charge is 0.497 e. The molecule has 4 rings (SSSR count). The molecule has 2 heterocycles. The van der Waals surface area contributed by atoms with Crippen LogP contribution in [0.3, 0.4) is 0 Å². The first kappa shape index (κ1) is 18.3. The molecule has 0 spiro atoms. The monoisotopic (exact) mass is 391 g/mol. The molecule has 0 unspecified atom stereocenters. The van der Waals surface area contributed by atoms with Crippen LogP contribution in [0.4, 0.5) is 0 Å². The van der Waals surface area contributed by atoms with Crippen LogP contribution < -0.4 is 14.9 Å². The van der Waals surface area contributed by atoms with E-state index >= 15 is 0 Å². The zero-order valence-electron chi connectivity index (χ0n) is 16.1. The second kappa shape index (κ2) is 7.52. The van der Waals surface area contributed by atoms with Gasteiger partial charge >= 0.3 is 0 Å². The highest BCUT2D eigenvalue weighted by atomic mass is 32.1. The van der Waals surface area contributed by atoms with Crippen molar-refractivity contribution < 1.29 is 9.47 Å². The van der Waals surface area contributed by atoms with E-state index in [1.165, 1.54) is 0 Å². The molecule has 0 N–H and O–H groups in total. The molecular weight excluding hydrogens is 370 g/mol. The minimum atomic E-state index is 0.0554. The number of hydrogen-bond acceptors (Lipinski definition) is 4. The number of benzene rings is 2. The van der Waals surface area contributed by atoms with Crippen molar-refractivity contribution in [2.24, 2.45) is 0 Å². The van der Waals surface area contributed by atoms with Gasteiger partial charge < -0.3 is 14.0 Å². The van der Waals surface area contributed by atoms with Crippen LogP contribution >= 0.6 is 11.3 Å². The maximum atomic E-state index is 12.6. The lowest BCUT2D eigenvalue weighted by atomic mass is 10.1. The van der Waals surface area contributed by atoms with Gasteiger partial charge in [-0.2, -0.15) is 0 Å². The summed E-state index contributed by atoms with van der Waals surface area (Å²) in [7, 11) is 3.33. The van der Waals surface area contributed by atoms with E-state index in [1.807, 2.05) is 61.7 Å². The Morgan fingerprint density at radius 1 is 0.964 bits per heavy atom. The summed E-state index contributed by atoms with van der Waals surface area (Å²) >= 11 is 1.65. The Labute approximate surface area is 167 Å². The molecule has 0 fully saturated rings. The van der Waals surface area contributed by atoms with Gasteiger partial charge in [0.05, 0.1) is 26.2 Å². The van der Waals surface area contributed by atoms with Crippen molar-refractivity contribution in [2.45, 2.75) is 13.5 Å². The average molecular weight is 391 g/mol. The topological polar surface area (TPSA) is 40.5 Å². The van der Waals surface area contributed by atoms with Gasteiger partial charge in [-0.05, 0) is 48.4 Å². The van der Waals surface area contributed by atoms with E-state index in [-0.39, 0.29) is 5.43 Å². The fraction of sp³-hybridized carbons (Fsp3) is 0.174. The van der Waals surface area contributed by atoms with Gasteiger partial charge in [-0.15, -0.1) is 11.3 Å². The Hall–Kier alpha value is -3.05. The Balaban J connectivity index is 1.85. The minimum Gasteiger partial charge on any atom is -0.497 e. The van der Waals surface area contributed by atoms with E-state index in [4.69, 9.17) is 9.47 Å². The van der Waals surface area contributed by atoms with Crippen LogP contribution in [0.5, 0.6) is 11.5 Å². The molecule has 0 amide bonds. The predicted molar refractivity (Wildman–Crippen MR) is 115 cm³/mol. The first-order chi connectivity index (χ1) is 13.6. The van der Waals surface area contributed by atoms with Crippen molar-refractivity contribution in [3.8, 4) is 21.9 Å². The molecule has 2 aromatic carbocycles. The fourth-order valence-corrected chi connectivity index (χ4v) is 4.76. The van der Waals surface area contributed by atoms with E-state index in [0.29, 0.717) is 6.54 Å². The lowest BCUT2D eigenvalue weighted by molar-refractivity contribution is 0.408. The molecule has 5 heteroatoms. The smallest absolute Gasteiger partial charge is 0.190 e. The molecular formula is C23H21NO3S. The number of aryl methyl sites for hydroxylation is 1. The maximum absolute atomic E-state index is 12.6. The minimum absolute atomic E-state index is 0.0554. The van der Waals surface area contributed by atoms with Gasteiger partial charge in [0.25, 0.3) is 0 Å². The molecule has 0 aliphatic rings. The van der Waals surface area contributed by atoms with Crippen LogP contribution in [0.15, 0.2) is 65.6 Å². The van der Waals surface area contributed by atoms with E-state index in [2.05, 4.69) is 4.57 Å². The molecule has 142 valence electrons. The number of ether oxygens (including phenoxy) is 2. The molecule has 0 aliphatic heterocycles. The summed E-state index contributed by atoms with van der Waals surface area (Å²) in [5, 5.41) is 0.785. The number of fused-ring (bicyclic) bond motifs is 1. The third-order valence-corrected chi connectivity index (χ3v) is 6.30. The molecule has 0 saturated carbocycles. The second-order valence-corrected chi connectivity index (χ2v) is 7.58. The first-order valence-corrected chi connectivity index (χ1v) is 9.83. The lowest BCUT2D eigenvalue weighted by Crippen LogP contribution is -2.08. The van der Waals surface area contributed by atoms with Crippen molar-refractivity contribution in [2.75, 3.05) is 14.2 Å². The van der Waals surface area contributed by atoms with E-state index in [0.717, 1.165) is 43.3 Å². The molecule has 0 atom stereocenters. The highest BCUT2D eigenvalue weighted by molar-refractivity contribution is 7.22. The summed E-state index contributed by atoms with van der Waals surface area (Å²) in [6.45, 7) is 2.66. The summed E-state index contributed by atoms with van der Waals surface area (Å²) in [4.78, 5) is 14.7. The fourth-order valence-electron chi connectivity index (χ4n) is 3.46. The number of nitrogens with zero attached hydrogens (tertiary/aromatic N) is 1. The highest BCUT2D eigenvalue weighted by Crippen LogP contribution is 2.37. The van der Waals surface area contributed by atoms with Crippen LogP contribution in [-0.2, 0) is 6.54 Å². The van der Waals surface area contributed by atoms with Gasteiger partial charge in [-0.25, -0.2) is 0 Å². The number of para-hydroxylation sites is 1. The van der Waals surface area contributed by atoms with Crippen molar-refractivity contribution in [3.05, 3.63) is 82.1 Å². The molecule has 4 aromatic rings. The SMILES string of the molecule is COc1ccc(-c2sc3c(c2C)c(=O)ccn3Cc2ccccc2OC)cc1. The Kier molecular flexibility index (Phi) is 4.92. The van der Waals surface area contributed by atoms with Gasteiger partial charge in [0.2, 0.25) is 0 Å². The van der Waals surface area contributed by atoms with Gasteiger partial charge in [0, 0.05) is 22.7 Å². The van der Waals surface area contributed by atoms with Crippen LogP contribution in [0.1, 0.15) is 11.1 Å². The number of rotatable bonds is 5. The summed E-state index contributed by atoms with van der Waals surface area (Å²) in [6.07, 6.45) is 1.87. The van der Waals surface area contributed by atoms with Crippen molar-refractivity contribution >= 4 is 21.6 Å². The third kappa shape index (κ3) is 3.18. The van der Waals surface area contributed by atoms with Gasteiger partial charge in [0.15, 0.2) is 5.43 Å². The van der Waals surface area contributed by atoms with Crippen molar-refractivity contribution in [3.63, 3.8) is 0 Å². The zero-order valence-corrected chi connectivity index (χ0v) is 16.9. The van der Waals surface area contributed by atoms with Crippen molar-refractivity contribution in [1.82, 2.24) is 4.57 Å². The van der Waals surface area contributed by atoms with Gasteiger partial charge in [-0.1, -0.05) is 18.2 Å². The second-order valence-electron chi connectivity index (χ2n) is 6.58. The summed E-state index contributed by atoms with van der Waals surface area (Å²) in [5.74, 6) is 1.66. The van der Waals surface area contributed by atoms with Gasteiger partial charge in [-0.3, -0.25) is 4.79 Å². The number of aromatic nitrogens is 1. The number of thiophene rings is 1. The molecule has 4 nitrogen and oxygen atoms in total. The molecule has 0 radical (unpaired) electrons. The number of hydrogen-bond donors (Lipinski definition) is 0. The van der Waals surface area contributed by atoms with E-state index in [1.54, 1.807) is 31.6 Å². The normalized spacial score (nSPS) is 11.0. The lowest BCUT2D eigenvalue weighted by Gasteiger charge is -2.11. The third-order valence-electron chi connectivity index (χ3n) is 4.93. The Morgan fingerprint density at radius 2 is 1.71 bits per heavy atom. The quantitative estimate of drug-likeness (QED) is 0.475. The molecule has 0 saturated heterocycles. The van der Waals surface area contributed by atoms with Gasteiger partial charge in [0.1, 0.15) is 16.3 Å². The number of pyridine rings is 1. The Morgan fingerprint density at radius 3 is 2.43 bits per heavy atom. The van der Waals surface area contributed by atoms with Crippen LogP contribution in [-0.4, -0.2) is 18.8 Å². The predicted octanol–water partition coefficient (Wildman–Crippen LogP) is 5.10. The average Bonchev–Trinajstić information content (AvgIpc) is 3.09. The molecule has 2 aromatic heterocycles. The summed E-state index contributed by atoms with van der Waals surface area (Å²) in [5.41, 5.74) is 3.24. The standard InChI is InChI=1S/C23H21NO3S/c1-15-21-19(25)12-13-24(14-17-6-4-5-7-20(17)27-3)23(21)28-22(15)16-8-10-18(26-2)11-9-16/h4-13H,14H2,1-3H3.